The average molecular weight is 338 g/mol. The maximum atomic E-state index is 12.1. The van der Waals surface area contributed by atoms with Crippen LogP contribution in [0.5, 0.6) is 0 Å². The smallest absolute Gasteiger partial charge is 0.263 e. The minimum atomic E-state index is -3.76. The zero-order chi connectivity index (χ0) is 14.0. The van der Waals surface area contributed by atoms with Crippen LogP contribution in [0.3, 0.4) is 0 Å². The highest BCUT2D eigenvalue weighted by molar-refractivity contribution is 7.92. The number of hydrogen-bond acceptors (Lipinski definition) is 3. The fourth-order valence-electron chi connectivity index (χ4n) is 1.30. The van der Waals surface area contributed by atoms with Crippen molar-refractivity contribution < 1.29 is 8.42 Å². The van der Waals surface area contributed by atoms with Gasteiger partial charge in [-0.05, 0) is 30.3 Å². The van der Waals surface area contributed by atoms with E-state index in [2.05, 4.69) is 9.71 Å². The van der Waals surface area contributed by atoms with Crippen LogP contribution in [-0.4, -0.2) is 13.4 Å². The predicted octanol–water partition coefficient (Wildman–Crippen LogP) is 3.84. The van der Waals surface area contributed by atoms with E-state index in [9.17, 15) is 8.42 Å². The molecule has 4 nitrogen and oxygen atoms in total. The van der Waals surface area contributed by atoms with Crippen LogP contribution in [0.25, 0.3) is 0 Å². The van der Waals surface area contributed by atoms with Crippen molar-refractivity contribution in [3.8, 4) is 0 Å². The van der Waals surface area contributed by atoms with Crippen molar-refractivity contribution in [1.82, 2.24) is 4.98 Å². The summed E-state index contributed by atoms with van der Waals surface area (Å²) in [6, 6.07) is 7.19. The lowest BCUT2D eigenvalue weighted by Crippen LogP contribution is -2.13. The van der Waals surface area contributed by atoms with Gasteiger partial charge in [0.25, 0.3) is 10.0 Å². The number of hydrogen-bond donors (Lipinski definition) is 1. The number of sulfonamides is 1. The minimum absolute atomic E-state index is 0.0112. The van der Waals surface area contributed by atoms with Gasteiger partial charge in [-0.25, -0.2) is 13.4 Å². The molecule has 2 aromatic rings. The second-order valence-electron chi connectivity index (χ2n) is 3.55. The van der Waals surface area contributed by atoms with Crippen LogP contribution in [-0.2, 0) is 10.0 Å². The standard InChI is InChI=1S/C11H7Cl3N2O2S/c12-7-1-3-10(9(13)5-7)16-19(17,18)8-2-4-11(14)15-6-8/h1-6,16H. The van der Waals surface area contributed by atoms with Crippen LogP contribution >= 0.6 is 34.8 Å². The number of nitrogens with one attached hydrogen (secondary N) is 1. The van der Waals surface area contributed by atoms with E-state index < -0.39 is 10.0 Å². The molecule has 2 rings (SSSR count). The maximum absolute atomic E-state index is 12.1. The summed E-state index contributed by atoms with van der Waals surface area (Å²) in [7, 11) is -3.76. The fourth-order valence-corrected chi connectivity index (χ4v) is 2.94. The summed E-state index contributed by atoms with van der Waals surface area (Å²) in [6.45, 7) is 0. The van der Waals surface area contributed by atoms with Gasteiger partial charge in [0.2, 0.25) is 0 Å². The molecule has 1 aromatic carbocycles. The van der Waals surface area contributed by atoms with Crippen molar-refractivity contribution in [2.24, 2.45) is 0 Å². The van der Waals surface area contributed by atoms with Crippen LogP contribution in [0.4, 0.5) is 5.69 Å². The average Bonchev–Trinajstić information content (AvgIpc) is 2.33. The SMILES string of the molecule is O=S(=O)(Nc1ccc(Cl)cc1Cl)c1ccc(Cl)nc1. The Balaban J connectivity index is 2.33. The Morgan fingerprint density at radius 1 is 1.05 bits per heavy atom. The first-order chi connectivity index (χ1) is 8.88. The molecule has 0 unspecified atom stereocenters. The summed E-state index contributed by atoms with van der Waals surface area (Å²) >= 11 is 17.2. The van der Waals surface area contributed by atoms with E-state index in [1.807, 2.05) is 0 Å². The second-order valence-corrected chi connectivity index (χ2v) is 6.46. The van der Waals surface area contributed by atoms with E-state index in [1.165, 1.54) is 30.3 Å². The molecular formula is C11H7Cl3N2O2S. The molecule has 8 heteroatoms. The summed E-state index contributed by atoms with van der Waals surface area (Å²) in [4.78, 5) is 3.70. The number of anilines is 1. The zero-order valence-corrected chi connectivity index (χ0v) is 12.4. The lowest BCUT2D eigenvalue weighted by molar-refractivity contribution is 0.601. The van der Waals surface area contributed by atoms with Gasteiger partial charge in [0.1, 0.15) is 10.0 Å². The van der Waals surface area contributed by atoms with Crippen LogP contribution in [0.2, 0.25) is 15.2 Å². The van der Waals surface area contributed by atoms with Crippen molar-refractivity contribution >= 4 is 50.5 Å². The second kappa shape index (κ2) is 5.54. The fraction of sp³-hybridized carbons (Fsp3) is 0. The van der Waals surface area contributed by atoms with Crippen LogP contribution in [0, 0.1) is 0 Å². The van der Waals surface area contributed by atoms with Crippen molar-refractivity contribution in [3.63, 3.8) is 0 Å². The molecule has 1 heterocycles. The van der Waals surface area contributed by atoms with Crippen LogP contribution in [0.15, 0.2) is 41.4 Å². The van der Waals surface area contributed by atoms with Crippen molar-refractivity contribution in [1.29, 1.82) is 0 Å². The first-order valence-electron chi connectivity index (χ1n) is 4.98. The molecule has 1 N–H and O–H groups in total. The van der Waals surface area contributed by atoms with Crippen LogP contribution < -0.4 is 4.72 Å². The lowest BCUT2D eigenvalue weighted by Gasteiger charge is -2.09. The summed E-state index contributed by atoms with van der Waals surface area (Å²) < 4.78 is 26.5. The molecule has 0 spiro atoms. The highest BCUT2D eigenvalue weighted by Gasteiger charge is 2.16. The molecule has 0 aliphatic heterocycles. The highest BCUT2D eigenvalue weighted by Crippen LogP contribution is 2.27. The monoisotopic (exact) mass is 336 g/mol. The molecule has 0 radical (unpaired) electrons. The first-order valence-corrected chi connectivity index (χ1v) is 7.59. The van der Waals surface area contributed by atoms with Crippen LogP contribution in [0.1, 0.15) is 0 Å². The number of nitrogens with zero attached hydrogens (tertiary/aromatic N) is 1. The third-order valence-electron chi connectivity index (χ3n) is 2.19. The normalized spacial score (nSPS) is 11.3. The quantitative estimate of drug-likeness (QED) is 0.866. The van der Waals surface area contributed by atoms with Gasteiger partial charge in [-0.2, -0.15) is 0 Å². The minimum Gasteiger partial charge on any atom is -0.278 e. The van der Waals surface area contributed by atoms with E-state index in [0.29, 0.717) is 5.02 Å². The third kappa shape index (κ3) is 3.51. The number of halogens is 3. The molecule has 19 heavy (non-hydrogen) atoms. The molecule has 0 bridgehead atoms. The summed E-state index contributed by atoms with van der Waals surface area (Å²) in [5, 5.41) is 0.836. The molecule has 0 saturated carbocycles. The summed E-state index contributed by atoms with van der Waals surface area (Å²) in [5.74, 6) is 0. The topological polar surface area (TPSA) is 59.1 Å². The lowest BCUT2D eigenvalue weighted by atomic mass is 10.3. The van der Waals surface area contributed by atoms with E-state index in [-0.39, 0.29) is 20.8 Å². The predicted molar refractivity (Wildman–Crippen MR) is 76.5 cm³/mol. The molecule has 0 atom stereocenters. The Morgan fingerprint density at radius 2 is 1.79 bits per heavy atom. The van der Waals surface area contributed by atoms with E-state index in [4.69, 9.17) is 34.8 Å². The van der Waals surface area contributed by atoms with E-state index in [1.54, 1.807) is 0 Å². The maximum Gasteiger partial charge on any atom is 0.263 e. The van der Waals surface area contributed by atoms with Gasteiger partial charge in [-0.1, -0.05) is 34.8 Å². The van der Waals surface area contributed by atoms with E-state index >= 15 is 0 Å². The number of pyridine rings is 1. The van der Waals surface area contributed by atoms with Gasteiger partial charge in [-0.3, -0.25) is 4.72 Å². The Kier molecular flexibility index (Phi) is 4.20. The van der Waals surface area contributed by atoms with Crippen molar-refractivity contribution in [2.45, 2.75) is 4.90 Å². The number of benzene rings is 1. The molecule has 100 valence electrons. The summed E-state index contributed by atoms with van der Waals surface area (Å²) in [6.07, 6.45) is 1.16. The molecule has 0 saturated heterocycles. The van der Waals surface area contributed by atoms with Gasteiger partial charge in [0, 0.05) is 11.2 Å². The zero-order valence-electron chi connectivity index (χ0n) is 9.27. The Hall–Kier alpha value is -1.01. The molecule has 0 aliphatic carbocycles. The molecule has 0 fully saturated rings. The number of aromatic nitrogens is 1. The van der Waals surface area contributed by atoms with Crippen molar-refractivity contribution in [3.05, 3.63) is 51.7 Å². The van der Waals surface area contributed by atoms with Crippen molar-refractivity contribution in [2.75, 3.05) is 4.72 Å². The van der Waals surface area contributed by atoms with E-state index in [0.717, 1.165) is 6.20 Å². The number of rotatable bonds is 3. The Bertz CT molecular complexity index is 702. The third-order valence-corrected chi connectivity index (χ3v) is 4.31. The molecule has 1 aromatic heterocycles. The summed E-state index contributed by atoms with van der Waals surface area (Å²) in [5.41, 5.74) is 0.237. The largest absolute Gasteiger partial charge is 0.278 e. The molecule has 0 aliphatic rings. The van der Waals surface area contributed by atoms with Gasteiger partial charge in [0.15, 0.2) is 0 Å². The van der Waals surface area contributed by atoms with Gasteiger partial charge in [0.05, 0.1) is 10.7 Å². The highest BCUT2D eigenvalue weighted by atomic mass is 35.5. The van der Waals surface area contributed by atoms with Gasteiger partial charge >= 0.3 is 0 Å². The first kappa shape index (κ1) is 14.4. The van der Waals surface area contributed by atoms with Gasteiger partial charge < -0.3 is 0 Å². The Morgan fingerprint density at radius 3 is 2.37 bits per heavy atom. The van der Waals surface area contributed by atoms with Gasteiger partial charge in [-0.15, -0.1) is 0 Å². The molecular weight excluding hydrogens is 331 g/mol. The Labute approximate surface area is 125 Å². The molecule has 0 amide bonds.